The highest BCUT2D eigenvalue weighted by Crippen LogP contribution is 2.28. The van der Waals surface area contributed by atoms with E-state index in [1.165, 1.54) is 11.4 Å². The summed E-state index contributed by atoms with van der Waals surface area (Å²) >= 11 is 0. The third-order valence-corrected chi connectivity index (χ3v) is 6.66. The van der Waals surface area contributed by atoms with Crippen LogP contribution in [0.1, 0.15) is 11.1 Å². The minimum absolute atomic E-state index is 0.0195. The molecule has 5 rings (SSSR count). The van der Waals surface area contributed by atoms with Crippen molar-refractivity contribution in [2.24, 2.45) is 0 Å². The van der Waals surface area contributed by atoms with Crippen molar-refractivity contribution in [3.05, 3.63) is 66.1 Å². The van der Waals surface area contributed by atoms with Crippen LogP contribution >= 0.6 is 0 Å². The highest BCUT2D eigenvalue weighted by Gasteiger charge is 2.19. The number of nitrogens with zero attached hydrogens (tertiary/aromatic N) is 5. The van der Waals surface area contributed by atoms with Gasteiger partial charge < -0.3 is 15.2 Å². The summed E-state index contributed by atoms with van der Waals surface area (Å²) in [5.41, 5.74) is 3.97. The Hall–Kier alpha value is -3.99. The fraction of sp³-hybridized carbons (Fsp3) is 0.182. The Morgan fingerprint density at radius 3 is 2.88 bits per heavy atom. The molecule has 10 nitrogen and oxygen atoms in total. The second-order valence-electron chi connectivity index (χ2n) is 7.85. The van der Waals surface area contributed by atoms with E-state index in [1.807, 2.05) is 41.1 Å². The maximum Gasteiger partial charge on any atom is 0.233 e. The minimum atomic E-state index is -3.45. The predicted octanol–water partition coefficient (Wildman–Crippen LogP) is 2.51. The monoisotopic (exact) mass is 463 g/mol. The summed E-state index contributed by atoms with van der Waals surface area (Å²) in [4.78, 5) is 24.9. The highest BCUT2D eigenvalue weighted by atomic mass is 32.2. The number of fused-ring (bicyclic) bond motifs is 2. The molecular weight excluding hydrogens is 442 g/mol. The number of nitrogens with one attached hydrogen (secondary N) is 2. The maximum atomic E-state index is 12.0. The molecule has 0 radical (unpaired) electrons. The quantitative estimate of drug-likeness (QED) is 0.450. The lowest BCUT2D eigenvalue weighted by atomic mass is 10.1. The summed E-state index contributed by atoms with van der Waals surface area (Å²) in [5.74, 6) is 0.767. The predicted molar refractivity (Wildman–Crippen MR) is 126 cm³/mol. The van der Waals surface area contributed by atoms with Crippen LogP contribution in [0, 0.1) is 0 Å². The van der Waals surface area contributed by atoms with E-state index in [9.17, 15) is 13.2 Å². The SMILES string of the molecule is CN(c1ncccc1Cn1ccc2cnc(Nc3ccc4c(c3)CC(=O)N4)nc21)S(C)(=O)=O. The largest absolute Gasteiger partial charge is 0.328 e. The van der Waals surface area contributed by atoms with E-state index in [-0.39, 0.29) is 5.91 Å². The number of aromatic nitrogens is 4. The average molecular weight is 464 g/mol. The smallest absolute Gasteiger partial charge is 0.233 e. The van der Waals surface area contributed by atoms with Crippen LogP contribution in [0.4, 0.5) is 23.1 Å². The van der Waals surface area contributed by atoms with E-state index in [0.29, 0.717) is 30.4 Å². The van der Waals surface area contributed by atoms with Crippen molar-refractivity contribution < 1.29 is 13.2 Å². The van der Waals surface area contributed by atoms with Crippen LogP contribution in [-0.2, 0) is 27.8 Å². The number of carbonyl (C=O) groups is 1. The Balaban J connectivity index is 1.45. The van der Waals surface area contributed by atoms with Crippen molar-refractivity contribution in [1.29, 1.82) is 0 Å². The first kappa shape index (κ1) is 20.9. The fourth-order valence-electron chi connectivity index (χ4n) is 3.77. The number of rotatable bonds is 6. The molecule has 0 saturated heterocycles. The van der Waals surface area contributed by atoms with Gasteiger partial charge >= 0.3 is 0 Å². The number of carbonyl (C=O) groups excluding carboxylic acids is 1. The first-order chi connectivity index (χ1) is 15.8. The number of sulfonamides is 1. The first-order valence-corrected chi connectivity index (χ1v) is 12.0. The lowest BCUT2D eigenvalue weighted by molar-refractivity contribution is -0.115. The van der Waals surface area contributed by atoms with Crippen LogP contribution in [0.2, 0.25) is 0 Å². The molecule has 0 spiro atoms. The van der Waals surface area contributed by atoms with E-state index < -0.39 is 10.0 Å². The zero-order valence-corrected chi connectivity index (χ0v) is 18.8. The molecule has 1 aliphatic heterocycles. The van der Waals surface area contributed by atoms with Gasteiger partial charge in [-0.1, -0.05) is 6.07 Å². The first-order valence-electron chi connectivity index (χ1n) is 10.2. The fourth-order valence-corrected chi connectivity index (χ4v) is 4.25. The van der Waals surface area contributed by atoms with Gasteiger partial charge in [0.25, 0.3) is 0 Å². The van der Waals surface area contributed by atoms with Gasteiger partial charge in [0, 0.05) is 48.0 Å². The average Bonchev–Trinajstić information content (AvgIpc) is 3.35. The Kier molecular flexibility index (Phi) is 4.97. The van der Waals surface area contributed by atoms with Crippen molar-refractivity contribution in [3.8, 4) is 0 Å². The van der Waals surface area contributed by atoms with Crippen molar-refractivity contribution in [2.75, 3.05) is 28.2 Å². The molecule has 33 heavy (non-hydrogen) atoms. The van der Waals surface area contributed by atoms with E-state index >= 15 is 0 Å². The molecule has 1 amide bonds. The molecule has 0 fully saturated rings. The molecule has 2 N–H and O–H groups in total. The second kappa shape index (κ2) is 7.85. The molecular formula is C22H21N7O3S. The molecule has 4 aromatic rings. The van der Waals surface area contributed by atoms with Crippen LogP contribution in [-0.4, -0.2) is 47.1 Å². The third kappa shape index (κ3) is 4.10. The van der Waals surface area contributed by atoms with Gasteiger partial charge in [-0.25, -0.2) is 18.4 Å². The van der Waals surface area contributed by atoms with Gasteiger partial charge in [0.05, 0.1) is 19.2 Å². The Morgan fingerprint density at radius 1 is 1.21 bits per heavy atom. The summed E-state index contributed by atoms with van der Waals surface area (Å²) in [6, 6.07) is 11.1. The normalized spacial score (nSPS) is 13.1. The molecule has 1 aliphatic rings. The molecule has 1 aromatic carbocycles. The Labute approximate surface area is 190 Å². The molecule has 0 aliphatic carbocycles. The van der Waals surface area contributed by atoms with E-state index in [1.54, 1.807) is 18.5 Å². The molecule has 4 heterocycles. The summed E-state index contributed by atoms with van der Waals surface area (Å²) in [6.07, 6.45) is 6.67. The zero-order valence-electron chi connectivity index (χ0n) is 18.0. The summed E-state index contributed by atoms with van der Waals surface area (Å²) < 4.78 is 27.2. The maximum absolute atomic E-state index is 12.0. The lowest BCUT2D eigenvalue weighted by Gasteiger charge is -2.19. The molecule has 0 saturated carbocycles. The van der Waals surface area contributed by atoms with Gasteiger partial charge in [-0.05, 0) is 35.9 Å². The van der Waals surface area contributed by atoms with Gasteiger partial charge in [-0.3, -0.25) is 9.10 Å². The number of amides is 1. The molecule has 168 valence electrons. The van der Waals surface area contributed by atoms with Gasteiger partial charge in [0.15, 0.2) is 0 Å². The number of pyridine rings is 1. The van der Waals surface area contributed by atoms with Crippen molar-refractivity contribution in [3.63, 3.8) is 0 Å². The van der Waals surface area contributed by atoms with Crippen LogP contribution in [0.5, 0.6) is 0 Å². The van der Waals surface area contributed by atoms with Crippen LogP contribution in [0.15, 0.2) is 55.0 Å². The number of hydrogen-bond donors (Lipinski definition) is 2. The van der Waals surface area contributed by atoms with Crippen molar-refractivity contribution in [2.45, 2.75) is 13.0 Å². The molecule has 0 bridgehead atoms. The molecule has 11 heteroatoms. The van der Waals surface area contributed by atoms with Crippen LogP contribution in [0.25, 0.3) is 11.0 Å². The Bertz CT molecular complexity index is 1500. The summed E-state index contributed by atoms with van der Waals surface area (Å²) in [7, 11) is -1.96. The van der Waals surface area contributed by atoms with Crippen molar-refractivity contribution >= 4 is 50.1 Å². The number of anilines is 4. The van der Waals surface area contributed by atoms with Gasteiger partial charge in [0.2, 0.25) is 21.9 Å². The van der Waals surface area contributed by atoms with Crippen molar-refractivity contribution in [1.82, 2.24) is 19.5 Å². The van der Waals surface area contributed by atoms with E-state index in [2.05, 4.69) is 25.6 Å². The molecule has 0 unspecified atom stereocenters. The highest BCUT2D eigenvalue weighted by molar-refractivity contribution is 7.92. The zero-order chi connectivity index (χ0) is 23.2. The number of hydrogen-bond acceptors (Lipinski definition) is 7. The third-order valence-electron chi connectivity index (χ3n) is 5.49. The molecule has 3 aromatic heterocycles. The van der Waals surface area contributed by atoms with Gasteiger partial charge in [-0.15, -0.1) is 0 Å². The number of benzene rings is 1. The van der Waals surface area contributed by atoms with Crippen LogP contribution < -0.4 is 14.9 Å². The van der Waals surface area contributed by atoms with Gasteiger partial charge in [-0.2, -0.15) is 4.98 Å². The Morgan fingerprint density at radius 2 is 2.06 bits per heavy atom. The summed E-state index contributed by atoms with van der Waals surface area (Å²) in [6.45, 7) is 0.385. The van der Waals surface area contributed by atoms with E-state index in [4.69, 9.17) is 0 Å². The summed E-state index contributed by atoms with van der Waals surface area (Å²) in [5, 5.41) is 6.86. The van der Waals surface area contributed by atoms with Gasteiger partial charge in [0.1, 0.15) is 11.5 Å². The topological polar surface area (TPSA) is 122 Å². The second-order valence-corrected chi connectivity index (χ2v) is 9.87. The van der Waals surface area contributed by atoms with Crippen LogP contribution in [0.3, 0.4) is 0 Å². The minimum Gasteiger partial charge on any atom is -0.328 e. The standard InChI is InChI=1S/C22H21N7O3S/c1-28(33(2,31)32)20-15(4-3-8-23-20)13-29-9-7-14-12-24-22(27-21(14)29)25-17-5-6-18-16(10-17)11-19(30)26-18/h3-10,12H,11,13H2,1-2H3,(H,26,30)(H,24,25,27). The lowest BCUT2D eigenvalue weighted by Crippen LogP contribution is -2.27. The molecule has 0 atom stereocenters. The van der Waals surface area contributed by atoms with E-state index in [0.717, 1.165) is 34.1 Å².